The summed E-state index contributed by atoms with van der Waals surface area (Å²) in [6.45, 7) is 5.93. The molecule has 3 nitrogen and oxygen atoms in total. The molecule has 1 aliphatic heterocycles. The molecule has 0 amide bonds. The molecule has 14 heavy (non-hydrogen) atoms. The van der Waals surface area contributed by atoms with E-state index in [1.165, 1.54) is 0 Å². The molecule has 5 heteroatoms. The molecule has 0 radical (unpaired) electrons. The van der Waals surface area contributed by atoms with Crippen molar-refractivity contribution in [3.63, 3.8) is 0 Å². The van der Waals surface area contributed by atoms with Crippen molar-refractivity contribution in [2.75, 3.05) is 27.3 Å². The molecule has 1 aliphatic rings. The maximum atomic E-state index is 5.70. The smallest absolute Gasteiger partial charge is 0.263 e. The number of hydrogen-bond donors (Lipinski definition) is 0. The van der Waals surface area contributed by atoms with Gasteiger partial charge in [0.15, 0.2) is 0 Å². The van der Waals surface area contributed by atoms with Crippen molar-refractivity contribution in [3.8, 4) is 0 Å². The van der Waals surface area contributed by atoms with Crippen molar-refractivity contribution in [1.82, 2.24) is 4.67 Å². The Balaban J connectivity index is 2.59. The van der Waals surface area contributed by atoms with E-state index in [1.807, 2.05) is 18.8 Å². The van der Waals surface area contributed by atoms with Crippen LogP contribution < -0.4 is 0 Å². The fourth-order valence-electron chi connectivity index (χ4n) is 1.18. The predicted octanol–water partition coefficient (Wildman–Crippen LogP) is 2.48. The third kappa shape index (κ3) is 2.77. The van der Waals surface area contributed by atoms with Crippen molar-refractivity contribution in [2.24, 2.45) is 11.3 Å². The Morgan fingerprint density at radius 3 is 1.93 bits per heavy atom. The monoisotopic (exact) mass is 237 g/mol. The Morgan fingerprint density at radius 2 is 1.64 bits per heavy atom. The molecule has 0 unspecified atom stereocenters. The van der Waals surface area contributed by atoms with E-state index in [0.29, 0.717) is 5.92 Å². The molecule has 0 aromatic heterocycles. The van der Waals surface area contributed by atoms with Gasteiger partial charge in [0.2, 0.25) is 0 Å². The van der Waals surface area contributed by atoms with Crippen LogP contribution in [-0.2, 0) is 20.9 Å². The molecule has 1 fully saturated rings. The lowest BCUT2D eigenvalue weighted by Gasteiger charge is -2.40. The zero-order valence-electron chi connectivity index (χ0n) is 9.61. The molecule has 0 atom stereocenters. The Bertz CT molecular complexity index is 238. The van der Waals surface area contributed by atoms with Crippen LogP contribution in [0.5, 0.6) is 0 Å². The van der Waals surface area contributed by atoms with E-state index in [4.69, 9.17) is 20.9 Å². The topological polar surface area (TPSA) is 21.7 Å². The molecule has 0 bridgehead atoms. The standard InChI is InChI=1S/C9H20NO2PS/c1-9(2,3)8-6-11-13(14,10(4)5)12-7-8/h8H,6-7H2,1-5H3. The van der Waals surface area contributed by atoms with Gasteiger partial charge in [-0.2, -0.15) is 0 Å². The van der Waals surface area contributed by atoms with Gasteiger partial charge in [-0.15, -0.1) is 0 Å². The van der Waals surface area contributed by atoms with Crippen LogP contribution in [0.4, 0.5) is 0 Å². The zero-order valence-corrected chi connectivity index (χ0v) is 11.3. The van der Waals surface area contributed by atoms with E-state index in [1.54, 1.807) is 0 Å². The fourth-order valence-corrected chi connectivity index (χ4v) is 2.82. The van der Waals surface area contributed by atoms with Crippen LogP contribution in [0, 0.1) is 11.3 Å². The summed E-state index contributed by atoms with van der Waals surface area (Å²) in [4.78, 5) is 0. The average Bonchev–Trinajstić information content (AvgIpc) is 2.03. The Morgan fingerprint density at radius 1 is 1.21 bits per heavy atom. The summed E-state index contributed by atoms with van der Waals surface area (Å²) < 4.78 is 13.3. The number of nitrogens with zero attached hydrogens (tertiary/aromatic N) is 1. The second-order valence-corrected chi connectivity index (χ2v) is 8.61. The highest BCUT2D eigenvalue weighted by atomic mass is 32.5. The highest BCUT2D eigenvalue weighted by Gasteiger charge is 2.35. The quantitative estimate of drug-likeness (QED) is 0.653. The minimum absolute atomic E-state index is 0.229. The minimum atomic E-state index is -2.13. The molecule has 0 aromatic carbocycles. The predicted molar refractivity (Wildman–Crippen MR) is 62.8 cm³/mol. The van der Waals surface area contributed by atoms with Gasteiger partial charge < -0.3 is 9.05 Å². The maximum Gasteiger partial charge on any atom is 0.263 e. The largest absolute Gasteiger partial charge is 0.317 e. The van der Waals surface area contributed by atoms with Gasteiger partial charge in [-0.3, -0.25) is 0 Å². The summed E-state index contributed by atoms with van der Waals surface area (Å²) in [5, 5.41) is 0. The first-order valence-electron chi connectivity index (χ1n) is 4.82. The van der Waals surface area contributed by atoms with E-state index in [2.05, 4.69) is 20.8 Å². The molecule has 1 heterocycles. The molecule has 1 rings (SSSR count). The summed E-state index contributed by atoms with van der Waals surface area (Å²) in [6.07, 6.45) is 0. The summed E-state index contributed by atoms with van der Waals surface area (Å²) in [6, 6.07) is 0. The molecular weight excluding hydrogens is 217 g/mol. The Hall–Kier alpha value is 0.530. The van der Waals surface area contributed by atoms with Gasteiger partial charge in [0.05, 0.1) is 13.2 Å². The zero-order chi connectivity index (χ0) is 11.0. The molecule has 0 saturated carbocycles. The first kappa shape index (κ1) is 12.6. The third-order valence-electron chi connectivity index (χ3n) is 2.59. The normalized spacial score (nSPS) is 34.9. The molecule has 0 aromatic rings. The van der Waals surface area contributed by atoms with E-state index in [-0.39, 0.29) is 5.41 Å². The number of hydrogen-bond acceptors (Lipinski definition) is 3. The van der Waals surface area contributed by atoms with Gasteiger partial charge in [0, 0.05) is 5.92 Å². The van der Waals surface area contributed by atoms with Crippen LogP contribution in [0.25, 0.3) is 0 Å². The Labute approximate surface area is 92.0 Å². The minimum Gasteiger partial charge on any atom is -0.317 e. The molecule has 0 aliphatic carbocycles. The molecule has 0 spiro atoms. The van der Waals surface area contributed by atoms with Gasteiger partial charge in [-0.05, 0) is 31.3 Å². The van der Waals surface area contributed by atoms with E-state index in [9.17, 15) is 0 Å². The van der Waals surface area contributed by atoms with Crippen LogP contribution in [-0.4, -0.2) is 32.0 Å². The lowest BCUT2D eigenvalue weighted by molar-refractivity contribution is 0.0406. The molecule has 0 N–H and O–H groups in total. The first-order valence-corrected chi connectivity index (χ1v) is 7.42. The summed E-state index contributed by atoms with van der Waals surface area (Å²) in [7, 11) is 3.83. The summed E-state index contributed by atoms with van der Waals surface area (Å²) >= 11 is 5.35. The maximum absolute atomic E-state index is 5.70. The average molecular weight is 237 g/mol. The van der Waals surface area contributed by atoms with Crippen molar-refractivity contribution in [1.29, 1.82) is 0 Å². The summed E-state index contributed by atoms with van der Waals surface area (Å²) in [5.74, 6) is 0.443. The summed E-state index contributed by atoms with van der Waals surface area (Å²) in [5.41, 5.74) is 0.229. The molecule has 84 valence electrons. The van der Waals surface area contributed by atoms with Gasteiger partial charge in [0.1, 0.15) is 0 Å². The van der Waals surface area contributed by atoms with Gasteiger partial charge in [-0.1, -0.05) is 20.8 Å². The van der Waals surface area contributed by atoms with Crippen LogP contribution in [0.3, 0.4) is 0 Å². The number of rotatable bonds is 1. The fraction of sp³-hybridized carbons (Fsp3) is 1.00. The Kier molecular flexibility index (Phi) is 3.77. The van der Waals surface area contributed by atoms with E-state index >= 15 is 0 Å². The van der Waals surface area contributed by atoms with Crippen molar-refractivity contribution >= 4 is 18.4 Å². The van der Waals surface area contributed by atoms with Crippen molar-refractivity contribution in [2.45, 2.75) is 20.8 Å². The van der Waals surface area contributed by atoms with Crippen LogP contribution >= 0.6 is 6.64 Å². The second kappa shape index (κ2) is 4.18. The van der Waals surface area contributed by atoms with E-state index < -0.39 is 6.64 Å². The lowest BCUT2D eigenvalue weighted by atomic mass is 9.82. The van der Waals surface area contributed by atoms with Gasteiger partial charge in [0.25, 0.3) is 6.64 Å². The highest BCUT2D eigenvalue weighted by molar-refractivity contribution is 8.08. The highest BCUT2D eigenvalue weighted by Crippen LogP contribution is 2.54. The van der Waals surface area contributed by atoms with Crippen LogP contribution in [0.15, 0.2) is 0 Å². The van der Waals surface area contributed by atoms with Gasteiger partial charge in [-0.25, -0.2) is 4.67 Å². The first-order chi connectivity index (χ1) is 6.26. The molecule has 1 saturated heterocycles. The molecular formula is C9H20NO2PS. The third-order valence-corrected chi connectivity index (χ3v) is 6.14. The van der Waals surface area contributed by atoms with Crippen molar-refractivity contribution < 1.29 is 9.05 Å². The SMILES string of the molecule is CN(C)P1(=S)OCC(C(C)(C)C)CO1. The van der Waals surface area contributed by atoms with E-state index in [0.717, 1.165) is 13.2 Å². The van der Waals surface area contributed by atoms with Crippen LogP contribution in [0.2, 0.25) is 0 Å². The second-order valence-electron chi connectivity index (χ2n) is 4.97. The van der Waals surface area contributed by atoms with Crippen LogP contribution in [0.1, 0.15) is 20.8 Å². The van der Waals surface area contributed by atoms with Gasteiger partial charge >= 0.3 is 0 Å². The lowest BCUT2D eigenvalue weighted by Crippen LogP contribution is -2.34. The van der Waals surface area contributed by atoms with Crippen molar-refractivity contribution in [3.05, 3.63) is 0 Å².